The fraction of sp³-hybridized carbons (Fsp3) is 0.409. The highest BCUT2D eigenvalue weighted by molar-refractivity contribution is 5.94. The summed E-state index contributed by atoms with van der Waals surface area (Å²) in [5.74, 6) is -1.98. The summed E-state index contributed by atoms with van der Waals surface area (Å²) in [5, 5.41) is 0. The minimum absolute atomic E-state index is 0.158. The molecular formula is C22H24F2N2O. The third-order valence-electron chi connectivity index (χ3n) is 5.85. The van der Waals surface area contributed by atoms with E-state index in [1.54, 1.807) is 4.90 Å². The largest absolute Gasteiger partial charge is 0.337 e. The number of piperidine rings is 1. The van der Waals surface area contributed by atoms with Crippen LogP contribution < -0.4 is 0 Å². The van der Waals surface area contributed by atoms with Crippen LogP contribution >= 0.6 is 0 Å². The summed E-state index contributed by atoms with van der Waals surface area (Å²) in [6.45, 7) is 4.47. The lowest BCUT2D eigenvalue weighted by atomic mass is 9.94. The fourth-order valence-corrected chi connectivity index (χ4v) is 4.34. The van der Waals surface area contributed by atoms with Crippen LogP contribution in [0.1, 0.15) is 34.3 Å². The van der Waals surface area contributed by atoms with Crippen LogP contribution in [0.2, 0.25) is 0 Å². The van der Waals surface area contributed by atoms with E-state index in [-0.39, 0.29) is 17.2 Å². The molecule has 2 atom stereocenters. The SMILES string of the molecule is Cc1ccc(C(=O)N2C[C@H]3CC[C@@H](C2)N(Cc2ccccc2)C3)c(F)c1F. The average molecular weight is 370 g/mol. The van der Waals surface area contributed by atoms with Crippen molar-refractivity contribution < 1.29 is 13.6 Å². The molecule has 5 heteroatoms. The van der Waals surface area contributed by atoms with Gasteiger partial charge in [0, 0.05) is 32.2 Å². The van der Waals surface area contributed by atoms with Crippen LogP contribution in [0, 0.1) is 24.5 Å². The third-order valence-corrected chi connectivity index (χ3v) is 5.85. The molecular weight excluding hydrogens is 346 g/mol. The molecule has 0 aliphatic carbocycles. The summed E-state index contributed by atoms with van der Waals surface area (Å²) in [6, 6.07) is 13.5. The third kappa shape index (κ3) is 3.61. The Labute approximate surface area is 158 Å². The number of hydrogen-bond donors (Lipinski definition) is 0. The Morgan fingerprint density at radius 3 is 2.56 bits per heavy atom. The predicted octanol–water partition coefficient (Wildman–Crippen LogP) is 4.01. The molecule has 1 amide bonds. The number of carbonyl (C=O) groups is 1. The summed E-state index contributed by atoms with van der Waals surface area (Å²) >= 11 is 0. The zero-order valence-electron chi connectivity index (χ0n) is 15.5. The summed E-state index contributed by atoms with van der Waals surface area (Å²) in [6.07, 6.45) is 2.11. The lowest BCUT2D eigenvalue weighted by Gasteiger charge is -2.36. The maximum absolute atomic E-state index is 14.3. The number of nitrogens with zero attached hydrogens (tertiary/aromatic N) is 2. The fourth-order valence-electron chi connectivity index (χ4n) is 4.34. The number of carbonyl (C=O) groups excluding carboxylic acids is 1. The van der Waals surface area contributed by atoms with E-state index in [9.17, 15) is 13.6 Å². The Balaban J connectivity index is 1.53. The van der Waals surface area contributed by atoms with Crippen molar-refractivity contribution in [1.82, 2.24) is 9.80 Å². The minimum Gasteiger partial charge on any atom is -0.337 e. The number of benzene rings is 2. The highest BCUT2D eigenvalue weighted by atomic mass is 19.2. The zero-order valence-corrected chi connectivity index (χ0v) is 15.5. The molecule has 3 nitrogen and oxygen atoms in total. The molecule has 0 N–H and O–H groups in total. The second-order valence-corrected chi connectivity index (χ2v) is 7.78. The highest BCUT2D eigenvalue weighted by Gasteiger charge is 2.37. The zero-order chi connectivity index (χ0) is 19.0. The smallest absolute Gasteiger partial charge is 0.257 e. The van der Waals surface area contributed by atoms with Crippen LogP contribution in [-0.2, 0) is 6.54 Å². The van der Waals surface area contributed by atoms with Gasteiger partial charge in [0.2, 0.25) is 0 Å². The van der Waals surface area contributed by atoms with Crippen molar-refractivity contribution in [3.8, 4) is 0 Å². The van der Waals surface area contributed by atoms with Crippen molar-refractivity contribution in [2.75, 3.05) is 19.6 Å². The van der Waals surface area contributed by atoms with Gasteiger partial charge in [-0.2, -0.15) is 0 Å². The molecule has 0 unspecified atom stereocenters. The number of aryl methyl sites for hydroxylation is 1. The van der Waals surface area contributed by atoms with Crippen LogP contribution in [0.3, 0.4) is 0 Å². The van der Waals surface area contributed by atoms with Crippen molar-refractivity contribution in [2.45, 2.75) is 32.4 Å². The normalized spacial score (nSPS) is 22.7. The molecule has 0 spiro atoms. The first-order valence-corrected chi connectivity index (χ1v) is 9.54. The van der Waals surface area contributed by atoms with Gasteiger partial charge in [-0.3, -0.25) is 9.69 Å². The van der Waals surface area contributed by atoms with E-state index in [0.717, 1.165) is 25.9 Å². The van der Waals surface area contributed by atoms with Gasteiger partial charge in [-0.05, 0) is 42.9 Å². The van der Waals surface area contributed by atoms with Crippen molar-refractivity contribution >= 4 is 5.91 Å². The summed E-state index contributed by atoms with van der Waals surface area (Å²) in [7, 11) is 0. The number of rotatable bonds is 3. The molecule has 27 heavy (non-hydrogen) atoms. The van der Waals surface area contributed by atoms with Gasteiger partial charge < -0.3 is 4.90 Å². The molecule has 2 aromatic rings. The number of hydrogen-bond acceptors (Lipinski definition) is 2. The quantitative estimate of drug-likeness (QED) is 0.815. The minimum atomic E-state index is -1.03. The van der Waals surface area contributed by atoms with E-state index in [2.05, 4.69) is 17.0 Å². The Hall–Kier alpha value is -2.27. The molecule has 0 radical (unpaired) electrons. The van der Waals surface area contributed by atoms with E-state index in [1.165, 1.54) is 24.6 Å². The summed E-state index contributed by atoms with van der Waals surface area (Å²) < 4.78 is 28.2. The summed E-state index contributed by atoms with van der Waals surface area (Å²) in [5.41, 5.74) is 1.32. The second kappa shape index (κ2) is 7.39. The van der Waals surface area contributed by atoms with Gasteiger partial charge in [0.25, 0.3) is 5.91 Å². The van der Waals surface area contributed by atoms with E-state index in [4.69, 9.17) is 0 Å². The molecule has 0 saturated carbocycles. The Bertz CT molecular complexity index is 840. The van der Waals surface area contributed by atoms with E-state index in [0.29, 0.717) is 19.0 Å². The maximum atomic E-state index is 14.3. The topological polar surface area (TPSA) is 23.6 Å². The lowest BCUT2D eigenvalue weighted by Crippen LogP contribution is -2.44. The van der Waals surface area contributed by atoms with Crippen LogP contribution in [-0.4, -0.2) is 41.4 Å². The van der Waals surface area contributed by atoms with Crippen LogP contribution in [0.4, 0.5) is 8.78 Å². The van der Waals surface area contributed by atoms with Crippen molar-refractivity contribution in [3.63, 3.8) is 0 Å². The van der Waals surface area contributed by atoms with Gasteiger partial charge in [0.15, 0.2) is 11.6 Å². The van der Waals surface area contributed by atoms with Gasteiger partial charge in [-0.15, -0.1) is 0 Å². The highest BCUT2D eigenvalue weighted by Crippen LogP contribution is 2.30. The van der Waals surface area contributed by atoms with Gasteiger partial charge in [0.05, 0.1) is 5.56 Å². The average Bonchev–Trinajstić information content (AvgIpc) is 2.98. The van der Waals surface area contributed by atoms with Crippen LogP contribution in [0.25, 0.3) is 0 Å². The molecule has 3 aliphatic heterocycles. The van der Waals surface area contributed by atoms with E-state index < -0.39 is 17.5 Å². The molecule has 2 bridgehead atoms. The van der Waals surface area contributed by atoms with Crippen LogP contribution in [0.15, 0.2) is 42.5 Å². The molecule has 5 rings (SSSR count). The van der Waals surface area contributed by atoms with Gasteiger partial charge in [-0.1, -0.05) is 36.4 Å². The predicted molar refractivity (Wildman–Crippen MR) is 100 cm³/mol. The Kier molecular flexibility index (Phi) is 4.96. The molecule has 3 heterocycles. The number of halogens is 2. The Morgan fingerprint density at radius 1 is 1.00 bits per heavy atom. The molecule has 3 saturated heterocycles. The first-order chi connectivity index (χ1) is 13.0. The maximum Gasteiger partial charge on any atom is 0.257 e. The van der Waals surface area contributed by atoms with Crippen molar-refractivity contribution in [2.24, 2.45) is 5.92 Å². The molecule has 3 aliphatic rings. The molecule has 2 aromatic carbocycles. The standard InChI is InChI=1S/C22H24F2N2O/c1-15-7-10-19(21(24)20(15)23)22(27)26-13-17-8-9-18(14-26)25(12-17)11-16-5-3-2-4-6-16/h2-7,10,17-18H,8-9,11-14H2,1H3/t17-,18-/m0/s1. The molecule has 0 aromatic heterocycles. The number of fused-ring (bicyclic) bond motifs is 4. The first kappa shape index (κ1) is 18.1. The van der Waals surface area contributed by atoms with E-state index >= 15 is 0 Å². The van der Waals surface area contributed by atoms with Gasteiger partial charge in [0.1, 0.15) is 0 Å². The van der Waals surface area contributed by atoms with Crippen molar-refractivity contribution in [3.05, 3.63) is 70.8 Å². The van der Waals surface area contributed by atoms with Crippen LogP contribution in [0.5, 0.6) is 0 Å². The lowest BCUT2D eigenvalue weighted by molar-refractivity contribution is 0.0730. The second-order valence-electron chi connectivity index (χ2n) is 7.78. The Morgan fingerprint density at radius 2 is 1.78 bits per heavy atom. The van der Waals surface area contributed by atoms with Crippen molar-refractivity contribution in [1.29, 1.82) is 0 Å². The monoisotopic (exact) mass is 370 g/mol. The summed E-state index contributed by atoms with van der Waals surface area (Å²) in [4.78, 5) is 17.1. The molecule has 3 fully saturated rings. The first-order valence-electron chi connectivity index (χ1n) is 9.54. The number of amides is 1. The molecule has 142 valence electrons. The van der Waals surface area contributed by atoms with E-state index in [1.807, 2.05) is 18.2 Å². The van der Waals surface area contributed by atoms with Gasteiger partial charge in [-0.25, -0.2) is 8.78 Å². The van der Waals surface area contributed by atoms with Gasteiger partial charge >= 0.3 is 0 Å².